The van der Waals surface area contributed by atoms with Gasteiger partial charge in [-0.05, 0) is 46.6 Å². The zero-order valence-electron chi connectivity index (χ0n) is 15.0. The normalized spacial score (nSPS) is 18.9. The fourth-order valence-corrected chi connectivity index (χ4v) is 3.69. The fourth-order valence-electron chi connectivity index (χ4n) is 3.69. The number of pyridine rings is 1. The van der Waals surface area contributed by atoms with Gasteiger partial charge in [0, 0.05) is 54.5 Å². The SMILES string of the molecule is Cc1c[nH]c(CN2CCCCC2CCn2ccnc2C)c(C)c1=O. The number of imidazole rings is 1. The van der Waals surface area contributed by atoms with Crippen molar-refractivity contribution in [3.63, 3.8) is 0 Å². The Hall–Kier alpha value is -1.88. The monoisotopic (exact) mass is 328 g/mol. The van der Waals surface area contributed by atoms with Crippen LogP contribution in [0.25, 0.3) is 0 Å². The number of hydrogen-bond donors (Lipinski definition) is 1. The van der Waals surface area contributed by atoms with Crippen LogP contribution < -0.4 is 5.43 Å². The molecule has 1 unspecified atom stereocenters. The van der Waals surface area contributed by atoms with E-state index in [1.807, 2.05) is 26.2 Å². The van der Waals surface area contributed by atoms with E-state index in [-0.39, 0.29) is 5.43 Å². The summed E-state index contributed by atoms with van der Waals surface area (Å²) in [6.45, 7) is 8.83. The van der Waals surface area contributed by atoms with Crippen molar-refractivity contribution < 1.29 is 0 Å². The molecule has 0 bridgehead atoms. The third-order valence-corrected chi connectivity index (χ3v) is 5.35. The van der Waals surface area contributed by atoms with Crippen molar-refractivity contribution in [3.8, 4) is 0 Å². The molecule has 0 spiro atoms. The summed E-state index contributed by atoms with van der Waals surface area (Å²) in [7, 11) is 0. The van der Waals surface area contributed by atoms with Crippen molar-refractivity contribution in [2.45, 2.75) is 65.6 Å². The Labute approximate surface area is 143 Å². The summed E-state index contributed by atoms with van der Waals surface area (Å²) in [5.74, 6) is 1.08. The van der Waals surface area contributed by atoms with Gasteiger partial charge in [-0.25, -0.2) is 4.98 Å². The van der Waals surface area contributed by atoms with Crippen molar-refractivity contribution in [1.82, 2.24) is 19.4 Å². The van der Waals surface area contributed by atoms with Gasteiger partial charge in [-0.1, -0.05) is 6.42 Å². The number of nitrogens with one attached hydrogen (secondary N) is 1. The van der Waals surface area contributed by atoms with E-state index < -0.39 is 0 Å². The molecular formula is C19H28N4O. The number of likely N-dealkylation sites (tertiary alicyclic amines) is 1. The number of H-pyrrole nitrogens is 1. The number of aromatic nitrogens is 3. The van der Waals surface area contributed by atoms with Crippen LogP contribution in [0.4, 0.5) is 0 Å². The first kappa shape index (κ1) is 17.0. The maximum absolute atomic E-state index is 12.2. The average Bonchev–Trinajstić information content (AvgIpc) is 2.99. The van der Waals surface area contributed by atoms with E-state index in [0.717, 1.165) is 48.7 Å². The first-order chi connectivity index (χ1) is 11.6. The summed E-state index contributed by atoms with van der Waals surface area (Å²) < 4.78 is 2.23. The largest absolute Gasteiger partial charge is 0.363 e. The van der Waals surface area contributed by atoms with Gasteiger partial charge in [0.05, 0.1) is 0 Å². The molecule has 1 aliphatic rings. The first-order valence-electron chi connectivity index (χ1n) is 8.96. The molecule has 24 heavy (non-hydrogen) atoms. The van der Waals surface area contributed by atoms with Gasteiger partial charge in [0.15, 0.2) is 5.43 Å². The van der Waals surface area contributed by atoms with E-state index in [1.165, 1.54) is 19.3 Å². The van der Waals surface area contributed by atoms with Crippen molar-refractivity contribution in [3.05, 3.63) is 51.5 Å². The van der Waals surface area contributed by atoms with E-state index in [1.54, 1.807) is 0 Å². The second-order valence-electron chi connectivity index (χ2n) is 6.98. The number of nitrogens with zero attached hydrogens (tertiary/aromatic N) is 3. The van der Waals surface area contributed by atoms with Gasteiger partial charge in [0.25, 0.3) is 0 Å². The molecule has 1 aliphatic heterocycles. The highest BCUT2D eigenvalue weighted by atomic mass is 16.1. The predicted molar refractivity (Wildman–Crippen MR) is 96.2 cm³/mol. The molecule has 2 aromatic rings. The third kappa shape index (κ3) is 3.61. The molecule has 0 saturated carbocycles. The first-order valence-corrected chi connectivity index (χ1v) is 8.96. The van der Waals surface area contributed by atoms with Gasteiger partial charge >= 0.3 is 0 Å². The molecule has 130 valence electrons. The molecule has 0 radical (unpaired) electrons. The molecule has 2 aromatic heterocycles. The van der Waals surface area contributed by atoms with Gasteiger partial charge < -0.3 is 9.55 Å². The van der Waals surface area contributed by atoms with Crippen LogP contribution in [0.3, 0.4) is 0 Å². The molecule has 0 amide bonds. The fraction of sp³-hybridized carbons (Fsp3) is 0.579. The molecule has 3 heterocycles. The molecule has 1 saturated heterocycles. The van der Waals surface area contributed by atoms with E-state index >= 15 is 0 Å². The van der Waals surface area contributed by atoms with Crippen LogP contribution in [0, 0.1) is 20.8 Å². The summed E-state index contributed by atoms with van der Waals surface area (Å²) in [6.07, 6.45) is 10.7. The van der Waals surface area contributed by atoms with E-state index in [4.69, 9.17) is 0 Å². The second kappa shape index (κ2) is 7.34. The number of aryl methyl sites for hydroxylation is 3. The van der Waals surface area contributed by atoms with Crippen molar-refractivity contribution in [2.75, 3.05) is 6.54 Å². The molecule has 5 heteroatoms. The van der Waals surface area contributed by atoms with Crippen LogP contribution in [0.15, 0.2) is 23.4 Å². The lowest BCUT2D eigenvalue weighted by Gasteiger charge is -2.36. The summed E-state index contributed by atoms with van der Waals surface area (Å²) in [6, 6.07) is 0.574. The Balaban J connectivity index is 1.69. The minimum Gasteiger partial charge on any atom is -0.363 e. The minimum atomic E-state index is 0.173. The molecule has 1 N–H and O–H groups in total. The molecule has 1 fully saturated rings. The van der Waals surface area contributed by atoms with Gasteiger partial charge in [0.2, 0.25) is 0 Å². The van der Waals surface area contributed by atoms with Crippen LogP contribution >= 0.6 is 0 Å². The highest BCUT2D eigenvalue weighted by molar-refractivity contribution is 5.23. The van der Waals surface area contributed by atoms with Gasteiger partial charge in [0.1, 0.15) is 5.82 Å². The number of piperidine rings is 1. The Kier molecular flexibility index (Phi) is 5.19. The third-order valence-electron chi connectivity index (χ3n) is 5.35. The quantitative estimate of drug-likeness (QED) is 0.918. The lowest BCUT2D eigenvalue weighted by atomic mass is 9.98. The van der Waals surface area contributed by atoms with E-state index in [9.17, 15) is 4.79 Å². The Morgan fingerprint density at radius 2 is 2.12 bits per heavy atom. The highest BCUT2D eigenvalue weighted by Crippen LogP contribution is 2.22. The summed E-state index contributed by atoms with van der Waals surface area (Å²) in [5.41, 5.74) is 2.90. The zero-order valence-corrected chi connectivity index (χ0v) is 15.0. The zero-order chi connectivity index (χ0) is 17.1. The van der Waals surface area contributed by atoms with E-state index in [0.29, 0.717) is 6.04 Å². The molecule has 0 aliphatic carbocycles. The lowest BCUT2D eigenvalue weighted by molar-refractivity contribution is 0.126. The number of aromatic amines is 1. The number of rotatable bonds is 5. The Morgan fingerprint density at radius 3 is 2.88 bits per heavy atom. The van der Waals surface area contributed by atoms with Crippen molar-refractivity contribution in [2.24, 2.45) is 0 Å². The van der Waals surface area contributed by atoms with Gasteiger partial charge in [-0.15, -0.1) is 0 Å². The summed E-state index contributed by atoms with van der Waals surface area (Å²) in [5, 5.41) is 0. The van der Waals surface area contributed by atoms with Crippen LogP contribution in [0.5, 0.6) is 0 Å². The standard InChI is InChI=1S/C19H28N4O/c1-14-12-21-18(15(2)19(14)24)13-23-9-5-4-6-17(23)7-10-22-11-8-20-16(22)3/h8,11-12,17H,4-7,9-10,13H2,1-3H3,(H,21,24). The molecular weight excluding hydrogens is 300 g/mol. The average molecular weight is 328 g/mol. The van der Waals surface area contributed by atoms with Gasteiger partial charge in [-0.2, -0.15) is 0 Å². The molecule has 3 rings (SSSR count). The topological polar surface area (TPSA) is 53.9 Å². The maximum Gasteiger partial charge on any atom is 0.187 e. The number of hydrogen-bond acceptors (Lipinski definition) is 3. The Bertz CT molecular complexity index is 746. The van der Waals surface area contributed by atoms with Crippen LogP contribution in [-0.2, 0) is 13.1 Å². The smallest absolute Gasteiger partial charge is 0.187 e. The van der Waals surface area contributed by atoms with Gasteiger partial charge in [-0.3, -0.25) is 9.69 Å². The van der Waals surface area contributed by atoms with Crippen molar-refractivity contribution >= 4 is 0 Å². The summed E-state index contributed by atoms with van der Waals surface area (Å²) >= 11 is 0. The highest BCUT2D eigenvalue weighted by Gasteiger charge is 2.23. The van der Waals surface area contributed by atoms with Crippen LogP contribution in [-0.4, -0.2) is 32.0 Å². The Morgan fingerprint density at radius 1 is 1.29 bits per heavy atom. The summed E-state index contributed by atoms with van der Waals surface area (Å²) in [4.78, 5) is 22.4. The lowest BCUT2D eigenvalue weighted by Crippen LogP contribution is -2.40. The van der Waals surface area contributed by atoms with Crippen LogP contribution in [0.1, 0.15) is 48.3 Å². The molecule has 1 atom stereocenters. The van der Waals surface area contributed by atoms with Crippen LogP contribution in [0.2, 0.25) is 0 Å². The molecule has 0 aromatic carbocycles. The minimum absolute atomic E-state index is 0.173. The van der Waals surface area contributed by atoms with Crippen molar-refractivity contribution in [1.29, 1.82) is 0 Å². The van der Waals surface area contributed by atoms with E-state index in [2.05, 4.69) is 32.6 Å². The second-order valence-corrected chi connectivity index (χ2v) is 6.98. The molecule has 5 nitrogen and oxygen atoms in total. The maximum atomic E-state index is 12.2. The predicted octanol–water partition coefficient (Wildman–Crippen LogP) is 2.94.